The second-order valence-electron chi connectivity index (χ2n) is 5.88. The first kappa shape index (κ1) is 22.3. The van der Waals surface area contributed by atoms with Crippen molar-refractivity contribution < 1.29 is 44.0 Å². The van der Waals surface area contributed by atoms with Crippen molar-refractivity contribution in [3.05, 3.63) is 11.8 Å². The number of carboxylic acids is 1. The summed E-state index contributed by atoms with van der Waals surface area (Å²) in [6.45, 7) is 1.44. The molecule has 0 saturated heterocycles. The number of carbonyl (C=O) groups is 4. The maximum absolute atomic E-state index is 11.5. The van der Waals surface area contributed by atoms with Crippen LogP contribution in [0.15, 0.2) is 11.8 Å². The summed E-state index contributed by atoms with van der Waals surface area (Å²) in [4.78, 5) is 44.7. The van der Waals surface area contributed by atoms with Crippen LogP contribution in [-0.2, 0) is 28.7 Å². The fraction of sp³-hybridized carbons (Fsp3) is 0.600. The molecule has 1 aliphatic rings. The number of aliphatic carboxylic acids is 1. The van der Waals surface area contributed by atoms with E-state index in [1.165, 1.54) is 13.8 Å². The second-order valence-corrected chi connectivity index (χ2v) is 5.88. The molecule has 5 atom stereocenters. The number of rotatable bonds is 9. The molecule has 0 aromatic heterocycles. The van der Waals surface area contributed by atoms with Crippen molar-refractivity contribution >= 4 is 23.7 Å². The van der Waals surface area contributed by atoms with Crippen molar-refractivity contribution in [2.45, 2.75) is 44.3 Å². The fourth-order valence-corrected chi connectivity index (χ4v) is 2.42. The smallest absolute Gasteiger partial charge is 0.370 e. The Balaban J connectivity index is 3.13. The highest BCUT2D eigenvalue weighted by molar-refractivity contribution is 5.84. The zero-order chi connectivity index (χ0) is 20.7. The molecule has 0 radical (unpaired) electrons. The van der Waals surface area contributed by atoms with E-state index in [-0.39, 0.29) is 6.54 Å². The maximum Gasteiger partial charge on any atom is 0.370 e. The van der Waals surface area contributed by atoms with Crippen LogP contribution in [0.4, 0.5) is 0 Å². The average molecular weight is 389 g/mol. The minimum Gasteiger partial charge on any atom is -0.478 e. The summed E-state index contributed by atoms with van der Waals surface area (Å²) in [7, 11) is 0. The Morgan fingerprint density at radius 1 is 1.26 bits per heavy atom. The summed E-state index contributed by atoms with van der Waals surface area (Å²) < 4.78 is 10.4. The summed E-state index contributed by atoms with van der Waals surface area (Å²) in [6, 6.07) is -1.15. The van der Waals surface area contributed by atoms with Gasteiger partial charge in [-0.25, -0.2) is 4.79 Å². The van der Waals surface area contributed by atoms with Gasteiger partial charge in [-0.1, -0.05) is 0 Å². The van der Waals surface area contributed by atoms with Crippen LogP contribution in [0, 0.1) is 0 Å². The molecule has 0 aliphatic carbocycles. The molecule has 3 amide bonds. The Morgan fingerprint density at radius 2 is 1.89 bits per heavy atom. The largest absolute Gasteiger partial charge is 0.478 e. The summed E-state index contributed by atoms with van der Waals surface area (Å²) in [5, 5.41) is 34.4. The first-order chi connectivity index (χ1) is 12.5. The lowest BCUT2D eigenvalue weighted by Gasteiger charge is -2.39. The number of hydrogen-bond acceptors (Lipinski definition) is 8. The highest BCUT2D eigenvalue weighted by Gasteiger charge is 2.44. The van der Waals surface area contributed by atoms with Crippen LogP contribution in [0.5, 0.6) is 0 Å². The molecule has 12 heteroatoms. The number of ether oxygens (including phenoxy) is 2. The number of primary amides is 1. The van der Waals surface area contributed by atoms with Crippen LogP contribution < -0.4 is 16.4 Å². The minimum absolute atomic E-state index is 0.345. The quantitative estimate of drug-likeness (QED) is 0.232. The molecule has 0 aromatic rings. The molecule has 0 aromatic carbocycles. The van der Waals surface area contributed by atoms with E-state index in [0.29, 0.717) is 0 Å². The van der Waals surface area contributed by atoms with Crippen LogP contribution in [0.3, 0.4) is 0 Å². The van der Waals surface area contributed by atoms with Gasteiger partial charge >= 0.3 is 5.97 Å². The third-order valence-electron chi connectivity index (χ3n) is 3.58. The summed E-state index contributed by atoms with van der Waals surface area (Å²) in [5.41, 5.74) is 5.01. The molecule has 0 unspecified atom stereocenters. The standard InChI is InChI=1S/C15H23N3O9/c1-6(19)17-4-8(21)13(23)14-12(18-7(2)20)9(26-5-11(16)22)3-10(27-14)15(24)25/h3,8-9,12-14,21,23H,4-5H2,1-2H3,(H2,16,22)(H,17,19)(H,18,20)(H,24,25)/t8-,9+,12-,13-,14-/m1/s1. The molecule has 12 nitrogen and oxygen atoms in total. The van der Waals surface area contributed by atoms with Crippen LogP contribution in [-0.4, -0.2) is 82.6 Å². The van der Waals surface area contributed by atoms with Gasteiger partial charge in [-0.3, -0.25) is 14.4 Å². The zero-order valence-corrected chi connectivity index (χ0v) is 14.7. The van der Waals surface area contributed by atoms with Crippen LogP contribution in [0.2, 0.25) is 0 Å². The Hall–Kier alpha value is -2.70. The van der Waals surface area contributed by atoms with Crippen LogP contribution >= 0.6 is 0 Å². The Kier molecular flexibility index (Phi) is 8.15. The van der Waals surface area contributed by atoms with Gasteiger partial charge in [-0.15, -0.1) is 0 Å². The lowest BCUT2D eigenvalue weighted by atomic mass is 9.93. The Morgan fingerprint density at radius 3 is 2.37 bits per heavy atom. The fourth-order valence-electron chi connectivity index (χ4n) is 2.42. The van der Waals surface area contributed by atoms with Crippen molar-refractivity contribution in [1.29, 1.82) is 0 Å². The molecule has 7 N–H and O–H groups in total. The van der Waals surface area contributed by atoms with Crippen LogP contribution in [0.25, 0.3) is 0 Å². The van der Waals surface area contributed by atoms with E-state index < -0.39 is 66.5 Å². The normalized spacial score (nSPS) is 24.0. The summed E-state index contributed by atoms with van der Waals surface area (Å²) >= 11 is 0. The van der Waals surface area contributed by atoms with Crippen molar-refractivity contribution in [1.82, 2.24) is 10.6 Å². The zero-order valence-electron chi connectivity index (χ0n) is 14.7. The lowest BCUT2D eigenvalue weighted by Crippen LogP contribution is -2.61. The number of carbonyl (C=O) groups excluding carboxylic acids is 3. The first-order valence-corrected chi connectivity index (χ1v) is 7.92. The van der Waals surface area contributed by atoms with Gasteiger partial charge < -0.3 is 41.2 Å². The monoisotopic (exact) mass is 389 g/mol. The molecule has 1 aliphatic heterocycles. The van der Waals surface area contributed by atoms with Gasteiger partial charge in [-0.05, 0) is 6.08 Å². The molecule has 152 valence electrons. The predicted octanol–water partition coefficient (Wildman–Crippen LogP) is -3.41. The van der Waals surface area contributed by atoms with E-state index in [4.69, 9.17) is 15.2 Å². The number of aliphatic hydroxyl groups excluding tert-OH is 2. The molecule has 0 saturated carbocycles. The van der Waals surface area contributed by atoms with Gasteiger partial charge in [0.1, 0.15) is 24.9 Å². The number of carboxylic acid groups (broad SMARTS) is 1. The van der Waals surface area contributed by atoms with Gasteiger partial charge in [0.25, 0.3) is 0 Å². The molecule has 1 heterocycles. The minimum atomic E-state index is -1.71. The first-order valence-electron chi connectivity index (χ1n) is 7.92. The van der Waals surface area contributed by atoms with Gasteiger partial charge in [0, 0.05) is 20.4 Å². The average Bonchev–Trinajstić information content (AvgIpc) is 2.56. The molecule has 1 rings (SSSR count). The second kappa shape index (κ2) is 9.85. The van der Waals surface area contributed by atoms with Gasteiger partial charge in [0.2, 0.25) is 23.5 Å². The number of nitrogens with one attached hydrogen (secondary N) is 2. The topological polar surface area (TPSA) is 198 Å². The summed E-state index contributed by atoms with van der Waals surface area (Å²) in [5.74, 6) is -3.95. The predicted molar refractivity (Wildman–Crippen MR) is 87.8 cm³/mol. The molecular formula is C15H23N3O9. The number of hydrogen-bond donors (Lipinski definition) is 6. The van der Waals surface area contributed by atoms with E-state index in [0.717, 1.165) is 6.08 Å². The Bertz CT molecular complexity index is 622. The van der Waals surface area contributed by atoms with Crippen LogP contribution in [0.1, 0.15) is 13.8 Å². The van der Waals surface area contributed by atoms with E-state index in [2.05, 4.69) is 10.6 Å². The van der Waals surface area contributed by atoms with Crippen molar-refractivity contribution in [2.24, 2.45) is 5.73 Å². The van der Waals surface area contributed by atoms with Gasteiger partial charge in [0.15, 0.2) is 6.10 Å². The van der Waals surface area contributed by atoms with Crippen molar-refractivity contribution in [3.8, 4) is 0 Å². The molecule has 0 fully saturated rings. The van der Waals surface area contributed by atoms with E-state index in [1.54, 1.807) is 0 Å². The van der Waals surface area contributed by atoms with Crippen molar-refractivity contribution in [3.63, 3.8) is 0 Å². The number of nitrogens with two attached hydrogens (primary N) is 1. The molecule has 27 heavy (non-hydrogen) atoms. The molecule has 0 spiro atoms. The van der Waals surface area contributed by atoms with Gasteiger partial charge in [0.05, 0.1) is 6.04 Å². The lowest BCUT2D eigenvalue weighted by molar-refractivity contribution is -0.150. The highest BCUT2D eigenvalue weighted by Crippen LogP contribution is 2.24. The molecule has 0 bridgehead atoms. The summed E-state index contributed by atoms with van der Waals surface area (Å²) in [6.07, 6.45) is -4.88. The third kappa shape index (κ3) is 6.84. The van der Waals surface area contributed by atoms with E-state index >= 15 is 0 Å². The number of aliphatic hydroxyl groups is 2. The Labute approximate surface area is 154 Å². The third-order valence-corrected chi connectivity index (χ3v) is 3.58. The number of amides is 3. The van der Waals surface area contributed by atoms with Gasteiger partial charge in [-0.2, -0.15) is 0 Å². The van der Waals surface area contributed by atoms with Crippen molar-refractivity contribution in [2.75, 3.05) is 13.2 Å². The highest BCUT2D eigenvalue weighted by atomic mass is 16.5. The SMILES string of the molecule is CC(=O)NC[C@@H](O)[C@@H](O)[C@@H]1OC(C(=O)O)=C[C@H](OCC(N)=O)[C@H]1NC(C)=O. The van der Waals surface area contributed by atoms with E-state index in [1.807, 2.05) is 0 Å². The van der Waals surface area contributed by atoms with E-state index in [9.17, 15) is 34.5 Å². The maximum atomic E-state index is 11.5. The molecular weight excluding hydrogens is 366 g/mol.